The van der Waals surface area contributed by atoms with Gasteiger partial charge in [-0.05, 0) is 49.4 Å². The third-order valence-corrected chi connectivity index (χ3v) is 5.46. The highest BCUT2D eigenvalue weighted by molar-refractivity contribution is 7.90. The number of aliphatic hydroxyl groups excluding tert-OH is 1. The molecule has 0 radical (unpaired) electrons. The smallest absolute Gasteiger partial charge is 0.269 e. The van der Waals surface area contributed by atoms with Gasteiger partial charge in [-0.15, -0.1) is 0 Å². The first-order valence-corrected chi connectivity index (χ1v) is 10.8. The van der Waals surface area contributed by atoms with Crippen LogP contribution in [0.3, 0.4) is 0 Å². The number of halogens is 1. The van der Waals surface area contributed by atoms with Crippen molar-refractivity contribution in [3.8, 4) is 6.07 Å². The molecule has 158 valence electrons. The summed E-state index contributed by atoms with van der Waals surface area (Å²) in [6.07, 6.45) is -0.0858. The second kappa shape index (κ2) is 9.58. The van der Waals surface area contributed by atoms with Gasteiger partial charge in [0.15, 0.2) is 9.84 Å². The maximum absolute atomic E-state index is 12.4. The molecule has 9 nitrogen and oxygen atoms in total. The van der Waals surface area contributed by atoms with E-state index < -0.39 is 33.8 Å². The van der Waals surface area contributed by atoms with Crippen LogP contribution in [0, 0.1) is 11.3 Å². The van der Waals surface area contributed by atoms with Gasteiger partial charge >= 0.3 is 0 Å². The summed E-state index contributed by atoms with van der Waals surface area (Å²) in [4.78, 5) is 24.6. The number of benzene rings is 2. The molecule has 0 aliphatic heterocycles. The Balaban J connectivity index is 2.04. The monoisotopic (exact) mass is 450 g/mol. The molecule has 0 bridgehead atoms. The van der Waals surface area contributed by atoms with E-state index in [0.717, 1.165) is 6.26 Å². The van der Waals surface area contributed by atoms with E-state index in [1.165, 1.54) is 49.4 Å². The first-order valence-electron chi connectivity index (χ1n) is 8.57. The van der Waals surface area contributed by atoms with E-state index in [1.54, 1.807) is 0 Å². The average molecular weight is 451 g/mol. The second-order valence-corrected chi connectivity index (χ2v) is 8.83. The zero-order chi connectivity index (χ0) is 22.5. The number of aliphatic hydroxyl groups is 1. The van der Waals surface area contributed by atoms with Crippen LogP contribution in [-0.4, -0.2) is 43.7 Å². The number of anilines is 1. The van der Waals surface area contributed by atoms with Crippen LogP contribution < -0.4 is 16.2 Å². The van der Waals surface area contributed by atoms with Gasteiger partial charge in [0, 0.05) is 17.5 Å². The lowest BCUT2D eigenvalue weighted by molar-refractivity contribution is -0.124. The van der Waals surface area contributed by atoms with E-state index in [1.807, 2.05) is 6.07 Å². The number of rotatable bonds is 6. The highest BCUT2D eigenvalue weighted by Gasteiger charge is 2.24. The van der Waals surface area contributed by atoms with Crippen molar-refractivity contribution in [2.75, 3.05) is 11.6 Å². The van der Waals surface area contributed by atoms with Crippen molar-refractivity contribution in [2.45, 2.75) is 24.0 Å². The first-order chi connectivity index (χ1) is 14.0. The van der Waals surface area contributed by atoms with E-state index >= 15 is 0 Å². The summed E-state index contributed by atoms with van der Waals surface area (Å²) in [6.45, 7) is 1.38. The van der Waals surface area contributed by atoms with Crippen molar-refractivity contribution in [1.82, 2.24) is 10.9 Å². The standard InChI is InChI=1S/C19H19ClN4O5S/c1-11(25)17(22-14-6-3-13(10-21)16(20)9-14)19(27)24-23-18(26)12-4-7-15(8-5-12)30(2,28)29/h3-9,11,17,22,25H,1-2H3,(H,23,26)(H,24,27)/t11-,17?/m0/s1. The van der Waals surface area contributed by atoms with Crippen LogP contribution in [-0.2, 0) is 14.6 Å². The Kier molecular flexibility index (Phi) is 7.39. The van der Waals surface area contributed by atoms with Crippen LogP contribution in [0.4, 0.5) is 5.69 Å². The normalized spacial score (nSPS) is 12.9. The molecule has 11 heteroatoms. The Morgan fingerprint density at radius 1 is 1.13 bits per heavy atom. The van der Waals surface area contributed by atoms with Gasteiger partial charge in [0.25, 0.3) is 11.8 Å². The molecule has 2 atom stereocenters. The highest BCUT2D eigenvalue weighted by atomic mass is 35.5. The number of sulfone groups is 1. The van der Waals surface area contributed by atoms with Crippen molar-refractivity contribution in [2.24, 2.45) is 0 Å². The predicted molar refractivity (Wildman–Crippen MR) is 110 cm³/mol. The quantitative estimate of drug-likeness (QED) is 0.483. The molecule has 30 heavy (non-hydrogen) atoms. The molecule has 0 fully saturated rings. The van der Waals surface area contributed by atoms with E-state index in [0.29, 0.717) is 5.69 Å². The van der Waals surface area contributed by atoms with Crippen molar-refractivity contribution in [3.63, 3.8) is 0 Å². The number of hydrazine groups is 1. The molecule has 0 saturated heterocycles. The lowest BCUT2D eigenvalue weighted by atomic mass is 10.1. The molecule has 0 spiro atoms. The van der Waals surface area contributed by atoms with Crippen molar-refractivity contribution in [3.05, 3.63) is 58.6 Å². The molecule has 4 N–H and O–H groups in total. The van der Waals surface area contributed by atoms with Crippen LogP contribution in [0.2, 0.25) is 5.02 Å². The van der Waals surface area contributed by atoms with Crippen LogP contribution in [0.5, 0.6) is 0 Å². The van der Waals surface area contributed by atoms with Crippen LogP contribution >= 0.6 is 11.6 Å². The molecule has 0 aliphatic rings. The van der Waals surface area contributed by atoms with E-state index in [-0.39, 0.29) is 21.0 Å². The van der Waals surface area contributed by atoms with Crippen molar-refractivity contribution < 1.29 is 23.1 Å². The number of carbonyl (C=O) groups excluding carboxylic acids is 2. The van der Waals surface area contributed by atoms with E-state index in [9.17, 15) is 23.1 Å². The minimum atomic E-state index is -3.39. The average Bonchev–Trinajstić information content (AvgIpc) is 2.69. The summed E-state index contributed by atoms with van der Waals surface area (Å²) in [5.74, 6) is -1.40. The second-order valence-electron chi connectivity index (χ2n) is 6.41. The van der Waals surface area contributed by atoms with Gasteiger partial charge in [-0.1, -0.05) is 11.6 Å². The van der Waals surface area contributed by atoms with E-state index in [2.05, 4.69) is 16.2 Å². The number of nitriles is 1. The lowest BCUT2D eigenvalue weighted by Crippen LogP contribution is -2.52. The Morgan fingerprint density at radius 3 is 2.27 bits per heavy atom. The first kappa shape index (κ1) is 23.2. The van der Waals surface area contributed by atoms with Gasteiger partial charge in [0.2, 0.25) is 0 Å². The molecule has 0 aliphatic carbocycles. The Morgan fingerprint density at radius 2 is 1.77 bits per heavy atom. The van der Waals surface area contributed by atoms with Gasteiger partial charge in [0.1, 0.15) is 12.1 Å². The molecular formula is C19H19ClN4O5S. The topological polar surface area (TPSA) is 148 Å². The molecule has 0 aromatic heterocycles. The maximum Gasteiger partial charge on any atom is 0.269 e. The summed E-state index contributed by atoms with van der Waals surface area (Å²) in [7, 11) is -3.39. The minimum Gasteiger partial charge on any atom is -0.391 e. The summed E-state index contributed by atoms with van der Waals surface area (Å²) >= 11 is 5.96. The molecule has 0 heterocycles. The summed E-state index contributed by atoms with van der Waals surface area (Å²) in [6, 6.07) is 10.4. The number of hydrogen-bond acceptors (Lipinski definition) is 7. The molecular weight excluding hydrogens is 432 g/mol. The minimum absolute atomic E-state index is 0.0579. The molecule has 2 rings (SSSR count). The Labute approximate surface area is 178 Å². The fourth-order valence-corrected chi connectivity index (χ4v) is 3.26. The van der Waals surface area contributed by atoms with Crippen LogP contribution in [0.15, 0.2) is 47.4 Å². The number of carbonyl (C=O) groups is 2. The summed E-state index contributed by atoms with van der Waals surface area (Å²) in [5.41, 5.74) is 5.18. The molecule has 2 amide bonds. The fraction of sp³-hybridized carbons (Fsp3) is 0.211. The summed E-state index contributed by atoms with van der Waals surface area (Å²) in [5, 5.41) is 21.8. The zero-order valence-electron chi connectivity index (χ0n) is 16.0. The Hall–Kier alpha value is -3.13. The third-order valence-electron chi connectivity index (χ3n) is 4.02. The SMILES string of the molecule is C[C@H](O)C(Nc1ccc(C#N)c(Cl)c1)C(=O)NNC(=O)c1ccc(S(C)(=O)=O)cc1. The third kappa shape index (κ3) is 5.93. The lowest BCUT2D eigenvalue weighted by Gasteiger charge is -2.22. The van der Waals surface area contributed by atoms with Gasteiger partial charge in [0.05, 0.1) is 21.6 Å². The Bertz CT molecular complexity index is 1090. The number of nitrogens with one attached hydrogen (secondary N) is 3. The van der Waals surface area contributed by atoms with Gasteiger partial charge < -0.3 is 10.4 Å². The highest BCUT2D eigenvalue weighted by Crippen LogP contribution is 2.21. The van der Waals surface area contributed by atoms with Gasteiger partial charge in [-0.25, -0.2) is 8.42 Å². The molecule has 2 aromatic carbocycles. The molecule has 1 unspecified atom stereocenters. The number of amides is 2. The van der Waals surface area contributed by atoms with E-state index in [4.69, 9.17) is 16.9 Å². The predicted octanol–water partition coefficient (Wildman–Crippen LogP) is 1.24. The van der Waals surface area contributed by atoms with Crippen molar-refractivity contribution in [1.29, 1.82) is 5.26 Å². The zero-order valence-corrected chi connectivity index (χ0v) is 17.6. The molecule has 0 saturated carbocycles. The fourth-order valence-electron chi connectivity index (χ4n) is 2.40. The summed E-state index contributed by atoms with van der Waals surface area (Å²) < 4.78 is 22.9. The maximum atomic E-state index is 12.4. The van der Waals surface area contributed by atoms with Crippen molar-refractivity contribution >= 4 is 38.9 Å². The van der Waals surface area contributed by atoms with Crippen LogP contribution in [0.1, 0.15) is 22.8 Å². The number of nitrogens with zero attached hydrogens (tertiary/aromatic N) is 1. The number of hydrogen-bond donors (Lipinski definition) is 4. The molecule has 2 aromatic rings. The largest absolute Gasteiger partial charge is 0.391 e. The van der Waals surface area contributed by atoms with Crippen LogP contribution in [0.25, 0.3) is 0 Å². The van der Waals surface area contributed by atoms with Gasteiger partial charge in [-0.3, -0.25) is 20.4 Å². The van der Waals surface area contributed by atoms with Gasteiger partial charge in [-0.2, -0.15) is 5.26 Å².